The smallest absolute Gasteiger partial charge is 0.327 e. The van der Waals surface area contributed by atoms with E-state index in [2.05, 4.69) is 4.98 Å². The number of rotatable bonds is 8. The summed E-state index contributed by atoms with van der Waals surface area (Å²) < 4.78 is 5.01. The maximum Gasteiger partial charge on any atom is 0.327 e. The van der Waals surface area contributed by atoms with Crippen molar-refractivity contribution in [1.82, 2.24) is 4.98 Å². The van der Waals surface area contributed by atoms with Gasteiger partial charge in [-0.1, -0.05) is 54.1 Å². The van der Waals surface area contributed by atoms with Gasteiger partial charge in [-0.15, -0.1) is 0 Å². The lowest BCUT2D eigenvalue weighted by atomic mass is 9.84. The van der Waals surface area contributed by atoms with Gasteiger partial charge in [0.2, 0.25) is 0 Å². The van der Waals surface area contributed by atoms with Crippen LogP contribution in [0.3, 0.4) is 0 Å². The fourth-order valence-electron chi connectivity index (χ4n) is 3.66. The molecular weight excluding hydrogens is 400 g/mol. The van der Waals surface area contributed by atoms with Crippen LogP contribution in [-0.4, -0.2) is 23.3 Å². The number of nitriles is 1. The van der Waals surface area contributed by atoms with Crippen molar-refractivity contribution in [2.24, 2.45) is 0 Å². The van der Waals surface area contributed by atoms with Crippen LogP contribution in [-0.2, 0) is 9.53 Å². The summed E-state index contributed by atoms with van der Waals surface area (Å²) in [6.45, 7) is 5.82. The molecule has 0 aliphatic carbocycles. The number of ether oxygens (including phenoxy) is 1. The predicted molar refractivity (Wildman–Crippen MR) is 122 cm³/mol. The number of hydrogen-bond acceptors (Lipinski definition) is 5. The third-order valence-corrected chi connectivity index (χ3v) is 5.41. The number of esters is 1. The van der Waals surface area contributed by atoms with Crippen molar-refractivity contribution >= 4 is 11.8 Å². The Hall–Kier alpha value is -3.78. The highest BCUT2D eigenvalue weighted by Crippen LogP contribution is 2.31. The minimum absolute atomic E-state index is 0.0339. The van der Waals surface area contributed by atoms with E-state index < -0.39 is 11.9 Å². The third-order valence-electron chi connectivity index (χ3n) is 5.41. The van der Waals surface area contributed by atoms with Crippen LogP contribution in [0.4, 0.5) is 0 Å². The molecule has 3 rings (SSSR count). The van der Waals surface area contributed by atoms with Gasteiger partial charge in [0.1, 0.15) is 0 Å². The monoisotopic (exact) mass is 426 g/mol. The Kier molecular flexibility index (Phi) is 7.51. The van der Waals surface area contributed by atoms with Crippen LogP contribution < -0.4 is 0 Å². The van der Waals surface area contributed by atoms with Crippen LogP contribution >= 0.6 is 0 Å². The summed E-state index contributed by atoms with van der Waals surface area (Å²) in [4.78, 5) is 29.3. The summed E-state index contributed by atoms with van der Waals surface area (Å²) >= 11 is 0. The summed E-state index contributed by atoms with van der Waals surface area (Å²) in [5, 5.41) is 9.43. The van der Waals surface area contributed by atoms with Gasteiger partial charge in [0, 0.05) is 29.8 Å². The highest BCUT2D eigenvalue weighted by atomic mass is 16.5. The lowest BCUT2D eigenvalue weighted by Crippen LogP contribution is -2.15. The summed E-state index contributed by atoms with van der Waals surface area (Å²) in [6.07, 6.45) is 1.95. The number of ketones is 1. The number of carbonyl (C=O) groups is 2. The fraction of sp³-hybridized carbons (Fsp3) is 0.259. The molecule has 1 aromatic heterocycles. The van der Waals surface area contributed by atoms with Crippen LogP contribution in [0.5, 0.6) is 0 Å². The second-order valence-corrected chi connectivity index (χ2v) is 7.76. The van der Waals surface area contributed by atoms with E-state index in [4.69, 9.17) is 4.74 Å². The van der Waals surface area contributed by atoms with Crippen molar-refractivity contribution in [2.45, 2.75) is 39.0 Å². The van der Waals surface area contributed by atoms with Crippen LogP contribution in [0.25, 0.3) is 0 Å². The van der Waals surface area contributed by atoms with Crippen molar-refractivity contribution < 1.29 is 14.3 Å². The molecule has 0 radical (unpaired) electrons. The Morgan fingerprint density at radius 3 is 2.12 bits per heavy atom. The van der Waals surface area contributed by atoms with E-state index in [1.54, 1.807) is 37.4 Å². The molecule has 0 N–H and O–H groups in total. The van der Waals surface area contributed by atoms with Gasteiger partial charge >= 0.3 is 5.97 Å². The maximum absolute atomic E-state index is 13.1. The zero-order chi connectivity index (χ0) is 23.1. The number of nitrogens with zero attached hydrogens (tertiary/aromatic N) is 2. The molecule has 0 spiro atoms. The van der Waals surface area contributed by atoms with E-state index in [9.17, 15) is 14.9 Å². The Balaban J connectivity index is 1.93. The quantitative estimate of drug-likeness (QED) is 0.362. The van der Waals surface area contributed by atoms with Gasteiger partial charge in [-0.3, -0.25) is 14.6 Å². The van der Waals surface area contributed by atoms with Gasteiger partial charge < -0.3 is 4.74 Å². The molecule has 5 heteroatoms. The van der Waals surface area contributed by atoms with Gasteiger partial charge in [-0.2, -0.15) is 5.26 Å². The molecule has 0 saturated carbocycles. The maximum atomic E-state index is 13.1. The Labute approximate surface area is 188 Å². The van der Waals surface area contributed by atoms with E-state index >= 15 is 0 Å². The molecule has 0 amide bonds. The van der Waals surface area contributed by atoms with Crippen LogP contribution in [0.1, 0.15) is 63.5 Å². The van der Waals surface area contributed by atoms with Gasteiger partial charge in [-0.25, -0.2) is 0 Å². The van der Waals surface area contributed by atoms with Crippen LogP contribution in [0, 0.1) is 25.2 Å². The fourth-order valence-corrected chi connectivity index (χ4v) is 3.66. The van der Waals surface area contributed by atoms with Gasteiger partial charge in [-0.05, 0) is 49.6 Å². The van der Waals surface area contributed by atoms with Gasteiger partial charge in [0.15, 0.2) is 11.7 Å². The van der Waals surface area contributed by atoms with E-state index in [0.29, 0.717) is 17.5 Å². The highest BCUT2D eigenvalue weighted by molar-refractivity contribution is 5.96. The molecule has 162 valence electrons. The SMILES string of the molecule is CCOC(=O)C(C#N)c1ccc(C(CC(=O)c2ccnc(C)c2)c2ccc(C)cc2)cc1. The molecule has 0 bridgehead atoms. The van der Waals surface area contributed by atoms with Crippen molar-refractivity contribution in [2.75, 3.05) is 6.61 Å². The van der Waals surface area contributed by atoms with E-state index in [1.807, 2.05) is 56.3 Å². The normalized spacial score (nSPS) is 12.4. The Bertz CT molecular complexity index is 1130. The molecule has 2 unspecified atom stereocenters. The van der Waals surface area contributed by atoms with E-state index in [0.717, 1.165) is 22.4 Å². The number of hydrogen-bond donors (Lipinski definition) is 0. The number of benzene rings is 2. The molecule has 5 nitrogen and oxygen atoms in total. The first-order valence-corrected chi connectivity index (χ1v) is 10.6. The second-order valence-electron chi connectivity index (χ2n) is 7.76. The minimum atomic E-state index is -0.969. The zero-order valence-electron chi connectivity index (χ0n) is 18.5. The van der Waals surface area contributed by atoms with Crippen molar-refractivity contribution in [1.29, 1.82) is 5.26 Å². The lowest BCUT2D eigenvalue weighted by molar-refractivity contribution is -0.143. The number of aryl methyl sites for hydroxylation is 2. The third kappa shape index (κ3) is 5.47. The molecule has 0 aliphatic rings. The molecule has 3 aromatic rings. The summed E-state index contributed by atoms with van der Waals surface area (Å²) in [5.74, 6) is -1.65. The summed E-state index contributed by atoms with van der Waals surface area (Å²) in [7, 11) is 0. The molecule has 32 heavy (non-hydrogen) atoms. The zero-order valence-corrected chi connectivity index (χ0v) is 18.5. The minimum Gasteiger partial charge on any atom is -0.465 e. The van der Waals surface area contributed by atoms with E-state index in [1.165, 1.54) is 0 Å². The lowest BCUT2D eigenvalue weighted by Gasteiger charge is -2.19. The summed E-state index contributed by atoms with van der Waals surface area (Å²) in [5.41, 5.74) is 5.13. The van der Waals surface area contributed by atoms with Crippen LogP contribution in [0.2, 0.25) is 0 Å². The molecule has 0 fully saturated rings. The van der Waals surface area contributed by atoms with Crippen molar-refractivity contribution in [3.63, 3.8) is 0 Å². The van der Waals surface area contributed by atoms with E-state index in [-0.39, 0.29) is 18.3 Å². The van der Waals surface area contributed by atoms with Crippen molar-refractivity contribution in [3.8, 4) is 6.07 Å². The molecule has 0 saturated heterocycles. The molecule has 2 aromatic carbocycles. The molecule has 0 aliphatic heterocycles. The first-order valence-electron chi connectivity index (χ1n) is 10.6. The summed E-state index contributed by atoms with van der Waals surface area (Å²) in [6, 6.07) is 21.0. The Morgan fingerprint density at radius 2 is 1.56 bits per heavy atom. The topological polar surface area (TPSA) is 80.0 Å². The van der Waals surface area contributed by atoms with Crippen LogP contribution in [0.15, 0.2) is 66.9 Å². The molecular formula is C27H26N2O3. The average molecular weight is 427 g/mol. The number of pyridine rings is 1. The first-order chi connectivity index (χ1) is 15.4. The standard InChI is InChI=1S/C27H26N2O3/c1-4-32-27(31)25(17-28)22-11-9-21(10-12-22)24(20-7-5-18(2)6-8-20)16-26(30)23-13-14-29-19(3)15-23/h5-15,24-25H,4,16H2,1-3H3. The number of carbonyl (C=O) groups excluding carboxylic acids is 2. The largest absolute Gasteiger partial charge is 0.465 e. The molecule has 2 atom stereocenters. The second kappa shape index (κ2) is 10.5. The number of aromatic nitrogens is 1. The van der Waals surface area contributed by atoms with Gasteiger partial charge in [0.05, 0.1) is 12.7 Å². The average Bonchev–Trinajstić information content (AvgIpc) is 2.79. The Morgan fingerprint density at radius 1 is 0.969 bits per heavy atom. The van der Waals surface area contributed by atoms with Crippen molar-refractivity contribution in [3.05, 3.63) is 100 Å². The first kappa shape index (κ1) is 22.9. The highest BCUT2D eigenvalue weighted by Gasteiger charge is 2.23. The van der Waals surface area contributed by atoms with Gasteiger partial charge in [0.25, 0.3) is 0 Å². The molecule has 1 heterocycles. The number of Topliss-reactive ketones (excluding diaryl/α,β-unsaturated/α-hetero) is 1. The predicted octanol–water partition coefficient (Wildman–Crippen LogP) is 5.27.